The van der Waals surface area contributed by atoms with Crippen molar-refractivity contribution in [3.63, 3.8) is 0 Å². The van der Waals surface area contributed by atoms with Crippen LogP contribution in [0.15, 0.2) is 109 Å². The van der Waals surface area contributed by atoms with Gasteiger partial charge in [-0.1, -0.05) is 72.8 Å². The van der Waals surface area contributed by atoms with Crippen molar-refractivity contribution < 1.29 is 0 Å². The van der Waals surface area contributed by atoms with Crippen LogP contribution in [0.3, 0.4) is 0 Å². The molecule has 3 aromatic rings. The molecule has 1 nitrogen and oxygen atoms in total. The summed E-state index contributed by atoms with van der Waals surface area (Å²) in [6.45, 7) is 0. The summed E-state index contributed by atoms with van der Waals surface area (Å²) in [6.07, 6.45) is 9.76. The highest BCUT2D eigenvalue weighted by Gasteiger charge is 2.15. The Kier molecular flexibility index (Phi) is 4.97. The summed E-state index contributed by atoms with van der Waals surface area (Å²) >= 11 is 0. The maximum Gasteiger partial charge on any atom is 0.0458 e. The van der Waals surface area contributed by atoms with Gasteiger partial charge in [0.25, 0.3) is 0 Å². The minimum absolute atomic E-state index is 0.970. The Morgan fingerprint density at radius 3 is 1.92 bits per heavy atom. The Hall–Kier alpha value is -3.06. The van der Waals surface area contributed by atoms with Crippen molar-refractivity contribution in [3.8, 4) is 0 Å². The van der Waals surface area contributed by atoms with Crippen LogP contribution in [0.1, 0.15) is 24.0 Å². The van der Waals surface area contributed by atoms with Crippen molar-refractivity contribution in [1.29, 1.82) is 0 Å². The molecule has 0 unspecified atom stereocenters. The predicted octanol–water partition coefficient (Wildman–Crippen LogP) is 6.65. The quantitative estimate of drug-likeness (QED) is 0.504. The maximum absolute atomic E-state index is 2.37. The number of benzene rings is 3. The topological polar surface area (TPSA) is 3.24 Å². The summed E-state index contributed by atoms with van der Waals surface area (Å²) in [4.78, 5) is 2.37. The second-order valence-electron chi connectivity index (χ2n) is 6.62. The van der Waals surface area contributed by atoms with Crippen LogP contribution in [0, 0.1) is 0 Å². The smallest absolute Gasteiger partial charge is 0.0458 e. The van der Waals surface area contributed by atoms with E-state index < -0.39 is 0 Å². The van der Waals surface area contributed by atoms with Gasteiger partial charge in [-0.15, -0.1) is 0 Å². The van der Waals surface area contributed by atoms with E-state index in [-0.39, 0.29) is 0 Å². The Morgan fingerprint density at radius 2 is 1.27 bits per heavy atom. The van der Waals surface area contributed by atoms with Crippen molar-refractivity contribution in [2.45, 2.75) is 19.3 Å². The predicted molar refractivity (Wildman–Crippen MR) is 111 cm³/mol. The highest BCUT2D eigenvalue weighted by molar-refractivity contribution is 5.69. The van der Waals surface area contributed by atoms with Gasteiger partial charge in [-0.25, -0.2) is 0 Å². The van der Waals surface area contributed by atoms with E-state index >= 15 is 0 Å². The van der Waals surface area contributed by atoms with Crippen LogP contribution in [0.2, 0.25) is 0 Å². The van der Waals surface area contributed by atoms with Crippen LogP contribution < -0.4 is 4.90 Å². The van der Waals surface area contributed by atoms with E-state index in [2.05, 4.69) is 108 Å². The third kappa shape index (κ3) is 3.78. The molecular formula is C25H23N. The number of allylic oxidation sites excluding steroid dienone is 4. The molecule has 0 heterocycles. The first-order valence-corrected chi connectivity index (χ1v) is 9.24. The van der Waals surface area contributed by atoms with Gasteiger partial charge in [0.15, 0.2) is 0 Å². The molecule has 0 bridgehead atoms. The normalized spacial score (nSPS) is 13.3. The van der Waals surface area contributed by atoms with Gasteiger partial charge in [-0.2, -0.15) is 0 Å². The summed E-state index contributed by atoms with van der Waals surface area (Å²) in [5, 5.41) is 0. The molecule has 0 radical (unpaired) electrons. The van der Waals surface area contributed by atoms with Gasteiger partial charge in [0.05, 0.1) is 0 Å². The Bertz CT molecular complexity index is 890. The summed E-state index contributed by atoms with van der Waals surface area (Å²) in [6, 6.07) is 30.2. The average Bonchev–Trinajstić information content (AvgIpc) is 2.72. The molecule has 0 saturated heterocycles. The highest BCUT2D eigenvalue weighted by atomic mass is 15.1. The molecule has 0 fully saturated rings. The molecule has 1 aliphatic carbocycles. The second-order valence-corrected chi connectivity index (χ2v) is 6.62. The van der Waals surface area contributed by atoms with Crippen molar-refractivity contribution in [3.05, 3.63) is 120 Å². The van der Waals surface area contributed by atoms with Crippen molar-refractivity contribution in [2.75, 3.05) is 4.90 Å². The number of hydrogen-bond donors (Lipinski definition) is 0. The molecule has 26 heavy (non-hydrogen) atoms. The zero-order valence-corrected chi connectivity index (χ0v) is 14.9. The van der Waals surface area contributed by atoms with Crippen molar-refractivity contribution in [2.24, 2.45) is 0 Å². The van der Waals surface area contributed by atoms with E-state index in [1.165, 1.54) is 28.2 Å². The fraction of sp³-hybridized carbons (Fsp3) is 0.120. The van der Waals surface area contributed by atoms with Gasteiger partial charge < -0.3 is 4.90 Å². The lowest BCUT2D eigenvalue weighted by Gasteiger charge is -2.29. The monoisotopic (exact) mass is 337 g/mol. The van der Waals surface area contributed by atoms with Crippen LogP contribution in [0.4, 0.5) is 11.4 Å². The number of anilines is 2. The van der Waals surface area contributed by atoms with E-state index in [9.17, 15) is 0 Å². The van der Waals surface area contributed by atoms with E-state index in [0.717, 1.165) is 19.3 Å². The summed E-state index contributed by atoms with van der Waals surface area (Å²) in [5.74, 6) is 0. The standard InChI is InChI=1S/C25H23N/c1-4-10-21(11-5-1)20-22-16-18-25(19-17-22)26(23-12-6-2-7-13-23)24-14-8-3-9-15-24/h1-8,10-14,16-19H,9,15,20H2. The first kappa shape index (κ1) is 16.4. The minimum Gasteiger partial charge on any atom is -0.314 e. The molecule has 0 atom stereocenters. The van der Waals surface area contributed by atoms with Gasteiger partial charge in [-0.3, -0.25) is 0 Å². The minimum atomic E-state index is 0.970. The summed E-state index contributed by atoms with van der Waals surface area (Å²) in [5.41, 5.74) is 6.46. The lowest BCUT2D eigenvalue weighted by molar-refractivity contribution is 0.917. The number of para-hydroxylation sites is 1. The van der Waals surface area contributed by atoms with Crippen LogP contribution in [0.25, 0.3) is 0 Å². The first-order valence-electron chi connectivity index (χ1n) is 9.24. The third-order valence-corrected chi connectivity index (χ3v) is 4.74. The average molecular weight is 337 g/mol. The maximum atomic E-state index is 2.37. The van der Waals surface area contributed by atoms with Gasteiger partial charge in [0.2, 0.25) is 0 Å². The van der Waals surface area contributed by atoms with Gasteiger partial charge >= 0.3 is 0 Å². The third-order valence-electron chi connectivity index (χ3n) is 4.74. The molecule has 0 saturated carbocycles. The van der Waals surface area contributed by atoms with E-state index in [1.807, 2.05) is 0 Å². The molecule has 3 aromatic carbocycles. The molecule has 4 rings (SSSR count). The zero-order valence-electron chi connectivity index (χ0n) is 14.9. The lowest BCUT2D eigenvalue weighted by Crippen LogP contribution is -2.17. The van der Waals surface area contributed by atoms with Crippen LogP contribution in [-0.2, 0) is 6.42 Å². The molecule has 0 spiro atoms. The van der Waals surface area contributed by atoms with Crippen molar-refractivity contribution in [1.82, 2.24) is 0 Å². The largest absolute Gasteiger partial charge is 0.314 e. The second kappa shape index (κ2) is 7.88. The SMILES string of the molecule is C1=CCCC(N(c2ccccc2)c2ccc(Cc3ccccc3)cc2)=C1. The molecule has 0 aliphatic heterocycles. The summed E-state index contributed by atoms with van der Waals surface area (Å²) < 4.78 is 0. The Balaban J connectivity index is 1.63. The Morgan fingerprint density at radius 1 is 0.654 bits per heavy atom. The molecule has 1 aliphatic rings. The number of hydrogen-bond acceptors (Lipinski definition) is 1. The molecule has 0 N–H and O–H groups in total. The highest BCUT2D eigenvalue weighted by Crippen LogP contribution is 2.33. The zero-order chi connectivity index (χ0) is 17.6. The number of nitrogens with zero attached hydrogens (tertiary/aromatic N) is 1. The first-order chi connectivity index (χ1) is 12.9. The Labute approximate surface area is 155 Å². The van der Waals surface area contributed by atoms with Gasteiger partial charge in [0, 0.05) is 17.1 Å². The molecule has 1 heteroatoms. The van der Waals surface area contributed by atoms with Crippen LogP contribution >= 0.6 is 0 Å². The van der Waals surface area contributed by atoms with Crippen LogP contribution in [-0.4, -0.2) is 0 Å². The molecule has 0 aromatic heterocycles. The molecule has 0 amide bonds. The molecular weight excluding hydrogens is 314 g/mol. The van der Waals surface area contributed by atoms with Gasteiger partial charge in [0.1, 0.15) is 0 Å². The summed E-state index contributed by atoms with van der Waals surface area (Å²) in [7, 11) is 0. The fourth-order valence-corrected chi connectivity index (χ4v) is 3.43. The van der Waals surface area contributed by atoms with Crippen molar-refractivity contribution >= 4 is 11.4 Å². The molecule has 128 valence electrons. The van der Waals surface area contributed by atoms with E-state index in [0.29, 0.717) is 0 Å². The van der Waals surface area contributed by atoms with Gasteiger partial charge in [-0.05, 0) is 60.7 Å². The van der Waals surface area contributed by atoms with Crippen LogP contribution in [0.5, 0.6) is 0 Å². The van der Waals surface area contributed by atoms with E-state index in [4.69, 9.17) is 0 Å². The lowest BCUT2D eigenvalue weighted by atomic mass is 10.0. The number of rotatable bonds is 5. The fourth-order valence-electron chi connectivity index (χ4n) is 3.43. The van der Waals surface area contributed by atoms with E-state index in [1.54, 1.807) is 0 Å².